The first-order valence-electron chi connectivity index (χ1n) is 12.7. The molecule has 40 heavy (non-hydrogen) atoms. The number of benzene rings is 3. The van der Waals surface area contributed by atoms with Crippen LogP contribution in [-0.4, -0.2) is 36.5 Å². The van der Waals surface area contributed by atoms with Gasteiger partial charge in [0.2, 0.25) is 11.8 Å². The van der Waals surface area contributed by atoms with Crippen LogP contribution in [0.2, 0.25) is 5.02 Å². The van der Waals surface area contributed by atoms with Gasteiger partial charge in [-0.15, -0.1) is 5.10 Å². The molecule has 0 saturated carbocycles. The summed E-state index contributed by atoms with van der Waals surface area (Å²) in [7, 11) is 1.65. The molecular formula is C30H23ClN6O3. The number of fused-ring (bicyclic) bond motifs is 4. The van der Waals surface area contributed by atoms with Crippen LogP contribution in [0.1, 0.15) is 34.1 Å². The predicted octanol–water partition coefficient (Wildman–Crippen LogP) is 6.15. The molecule has 3 aromatic carbocycles. The Kier molecular flexibility index (Phi) is 5.86. The molecule has 3 aromatic heterocycles. The number of methoxy groups -OCH3 is 1. The fourth-order valence-corrected chi connectivity index (χ4v) is 5.16. The van der Waals surface area contributed by atoms with E-state index in [2.05, 4.69) is 10.1 Å². The topological polar surface area (TPSA) is 88.6 Å². The van der Waals surface area contributed by atoms with Crippen molar-refractivity contribution in [1.82, 2.24) is 29.4 Å². The van der Waals surface area contributed by atoms with Crippen LogP contribution in [0, 0.1) is 6.92 Å². The van der Waals surface area contributed by atoms with Crippen molar-refractivity contribution in [1.29, 1.82) is 0 Å². The van der Waals surface area contributed by atoms with Crippen molar-refractivity contribution < 1.29 is 14.2 Å². The summed E-state index contributed by atoms with van der Waals surface area (Å²) < 4.78 is 21.3. The Labute approximate surface area is 234 Å². The summed E-state index contributed by atoms with van der Waals surface area (Å²) in [4.78, 5) is 9.52. The Hall–Kier alpha value is -4.89. The predicted molar refractivity (Wildman–Crippen MR) is 149 cm³/mol. The Morgan fingerprint density at radius 2 is 1.65 bits per heavy atom. The summed E-state index contributed by atoms with van der Waals surface area (Å²) in [6.45, 7) is 2.17. The van der Waals surface area contributed by atoms with Gasteiger partial charge in [-0.25, -0.2) is 19.2 Å². The van der Waals surface area contributed by atoms with Crippen molar-refractivity contribution in [2.24, 2.45) is 0 Å². The second-order valence-corrected chi connectivity index (χ2v) is 9.80. The van der Waals surface area contributed by atoms with Crippen LogP contribution in [-0.2, 0) is 6.61 Å². The first-order chi connectivity index (χ1) is 19.6. The zero-order valence-corrected chi connectivity index (χ0v) is 22.4. The van der Waals surface area contributed by atoms with E-state index in [0.717, 1.165) is 33.8 Å². The number of hydrogen-bond donors (Lipinski definition) is 0. The summed E-state index contributed by atoms with van der Waals surface area (Å²) >= 11 is 6.00. The Morgan fingerprint density at radius 3 is 2.40 bits per heavy atom. The smallest absolute Gasteiger partial charge is 0.230 e. The van der Waals surface area contributed by atoms with E-state index in [1.54, 1.807) is 30.1 Å². The van der Waals surface area contributed by atoms with Gasteiger partial charge >= 0.3 is 0 Å². The summed E-state index contributed by atoms with van der Waals surface area (Å²) in [5, 5.41) is 10.2. The highest BCUT2D eigenvalue weighted by Gasteiger charge is 2.38. The molecule has 10 heteroatoms. The average molecular weight is 551 g/mol. The van der Waals surface area contributed by atoms with E-state index in [1.165, 1.54) is 0 Å². The number of rotatable bonds is 6. The maximum Gasteiger partial charge on any atom is 0.230 e. The van der Waals surface area contributed by atoms with E-state index >= 15 is 0 Å². The zero-order chi connectivity index (χ0) is 27.2. The maximum absolute atomic E-state index is 6.48. The van der Waals surface area contributed by atoms with Gasteiger partial charge in [0, 0.05) is 5.02 Å². The largest absolute Gasteiger partial charge is 0.497 e. The summed E-state index contributed by atoms with van der Waals surface area (Å²) in [6, 6.07) is 25.1. The minimum atomic E-state index is -0.257. The molecule has 0 unspecified atom stereocenters. The highest BCUT2D eigenvalue weighted by Crippen LogP contribution is 2.49. The summed E-state index contributed by atoms with van der Waals surface area (Å²) in [6.07, 6.45) is 1.61. The first kappa shape index (κ1) is 24.2. The zero-order valence-electron chi connectivity index (χ0n) is 21.7. The first-order valence-corrected chi connectivity index (χ1v) is 13.1. The lowest BCUT2D eigenvalue weighted by Gasteiger charge is -2.26. The van der Waals surface area contributed by atoms with Gasteiger partial charge in [0.15, 0.2) is 11.5 Å². The van der Waals surface area contributed by atoms with Gasteiger partial charge in [-0.3, -0.25) is 0 Å². The summed E-state index contributed by atoms with van der Waals surface area (Å²) in [5.74, 6) is 2.79. The van der Waals surface area contributed by atoms with Crippen molar-refractivity contribution >= 4 is 17.2 Å². The molecule has 0 spiro atoms. The van der Waals surface area contributed by atoms with Gasteiger partial charge in [0.05, 0.1) is 35.5 Å². The van der Waals surface area contributed by atoms with Crippen LogP contribution in [0.4, 0.5) is 0 Å². The third kappa shape index (κ3) is 4.11. The van der Waals surface area contributed by atoms with E-state index < -0.39 is 0 Å². The SMILES string of the molecule is COc1ccc([C@@H]2c3c(C)nn(-c4ccccc4)c3Oc3ncn4nc(COc5ccc(Cl)cc5)nc4c32)cc1. The molecule has 198 valence electrons. The normalized spacial score (nSPS) is 13.9. The highest BCUT2D eigenvalue weighted by molar-refractivity contribution is 6.30. The van der Waals surface area contributed by atoms with Crippen molar-refractivity contribution in [3.63, 3.8) is 0 Å². The van der Waals surface area contributed by atoms with Crippen molar-refractivity contribution in [3.05, 3.63) is 118 Å². The molecule has 0 fully saturated rings. The third-order valence-electron chi connectivity index (χ3n) is 6.90. The summed E-state index contributed by atoms with van der Waals surface area (Å²) in [5.41, 5.74) is 5.16. The number of hydrogen-bond acceptors (Lipinski definition) is 7. The lowest BCUT2D eigenvalue weighted by Crippen LogP contribution is -2.16. The van der Waals surface area contributed by atoms with Gasteiger partial charge < -0.3 is 14.2 Å². The molecule has 0 saturated heterocycles. The number of nitrogens with zero attached hydrogens (tertiary/aromatic N) is 6. The van der Waals surface area contributed by atoms with E-state index in [0.29, 0.717) is 34.0 Å². The van der Waals surface area contributed by atoms with Crippen LogP contribution in [0.3, 0.4) is 0 Å². The molecular weight excluding hydrogens is 528 g/mol. The van der Waals surface area contributed by atoms with Gasteiger partial charge in [0.25, 0.3) is 0 Å². The third-order valence-corrected chi connectivity index (χ3v) is 7.15. The van der Waals surface area contributed by atoms with Crippen LogP contribution < -0.4 is 14.2 Å². The Morgan fingerprint density at radius 1 is 0.900 bits per heavy atom. The Balaban J connectivity index is 1.36. The molecule has 0 radical (unpaired) electrons. The van der Waals surface area contributed by atoms with Gasteiger partial charge in [-0.2, -0.15) is 5.10 Å². The standard InChI is InChI=1S/C30H23ClN6O3/c1-18-25-26(19-8-12-22(38-2)13-9-19)27-28-33-24(16-39-23-14-10-20(31)11-15-23)35-36(28)17-32-29(27)40-30(25)37(34-18)21-6-4-3-5-7-21/h3-15,17,26H,16H2,1-2H3/t26-/m1/s1. The molecule has 4 heterocycles. The van der Waals surface area contributed by atoms with E-state index in [1.807, 2.05) is 78.3 Å². The van der Waals surface area contributed by atoms with Crippen molar-refractivity contribution in [3.8, 4) is 28.9 Å². The van der Waals surface area contributed by atoms with Gasteiger partial charge in [-0.05, 0) is 61.0 Å². The monoisotopic (exact) mass is 550 g/mol. The van der Waals surface area contributed by atoms with Crippen molar-refractivity contribution in [2.75, 3.05) is 7.11 Å². The average Bonchev–Trinajstić information content (AvgIpc) is 3.57. The molecule has 7 rings (SSSR count). The lowest BCUT2D eigenvalue weighted by molar-refractivity contribution is 0.296. The molecule has 1 atom stereocenters. The molecule has 1 aliphatic heterocycles. The van der Waals surface area contributed by atoms with Crippen LogP contribution >= 0.6 is 11.6 Å². The van der Waals surface area contributed by atoms with Crippen LogP contribution in [0.25, 0.3) is 11.3 Å². The van der Waals surface area contributed by atoms with Crippen molar-refractivity contribution in [2.45, 2.75) is 19.4 Å². The van der Waals surface area contributed by atoms with Crippen LogP contribution in [0.15, 0.2) is 85.2 Å². The molecule has 0 bridgehead atoms. The molecule has 6 aromatic rings. The fourth-order valence-electron chi connectivity index (χ4n) is 5.04. The second-order valence-electron chi connectivity index (χ2n) is 9.36. The molecule has 1 aliphatic rings. The lowest BCUT2D eigenvalue weighted by atomic mass is 9.84. The molecule has 0 aliphatic carbocycles. The second kappa shape index (κ2) is 9.69. The maximum atomic E-state index is 6.48. The van der Waals surface area contributed by atoms with Crippen LogP contribution in [0.5, 0.6) is 23.3 Å². The van der Waals surface area contributed by atoms with Gasteiger partial charge in [0.1, 0.15) is 24.4 Å². The quantitative estimate of drug-likeness (QED) is 0.245. The number of aryl methyl sites for hydroxylation is 1. The number of para-hydroxylation sites is 1. The molecule has 0 amide bonds. The molecule has 9 nitrogen and oxygen atoms in total. The Bertz CT molecular complexity index is 1830. The number of aromatic nitrogens is 6. The van der Waals surface area contributed by atoms with E-state index in [9.17, 15) is 0 Å². The highest BCUT2D eigenvalue weighted by atomic mass is 35.5. The van der Waals surface area contributed by atoms with Gasteiger partial charge in [-0.1, -0.05) is 41.9 Å². The minimum Gasteiger partial charge on any atom is -0.497 e. The molecule has 0 N–H and O–H groups in total. The minimum absolute atomic E-state index is 0.183. The van der Waals surface area contributed by atoms with E-state index in [-0.39, 0.29) is 12.5 Å². The fraction of sp³-hybridized carbons (Fsp3) is 0.133. The van der Waals surface area contributed by atoms with E-state index in [4.69, 9.17) is 35.9 Å². The number of ether oxygens (including phenoxy) is 3. The number of halogens is 1.